The largest absolute Gasteiger partial charge is 0.477 e. The molecule has 0 saturated heterocycles. The van der Waals surface area contributed by atoms with Gasteiger partial charge in [0, 0.05) is 31.7 Å². The lowest BCUT2D eigenvalue weighted by Crippen LogP contribution is -2.20. The van der Waals surface area contributed by atoms with Gasteiger partial charge in [0.2, 0.25) is 5.43 Å². The van der Waals surface area contributed by atoms with Crippen LogP contribution in [0.1, 0.15) is 22.3 Å². The summed E-state index contributed by atoms with van der Waals surface area (Å²) < 4.78 is 16.5. The van der Waals surface area contributed by atoms with Crippen molar-refractivity contribution in [2.75, 3.05) is 12.4 Å². The summed E-state index contributed by atoms with van der Waals surface area (Å²) >= 11 is 1.32. The zero-order valence-corrected chi connectivity index (χ0v) is 15.0. The molecule has 9 heteroatoms. The molecule has 136 valence electrons. The lowest BCUT2D eigenvalue weighted by Gasteiger charge is -2.17. The second kappa shape index (κ2) is 6.85. The van der Waals surface area contributed by atoms with Gasteiger partial charge in [0.25, 0.3) is 0 Å². The van der Waals surface area contributed by atoms with E-state index in [1.165, 1.54) is 17.5 Å². The SMILES string of the molecule is CCn1cc(C(=O)O)c(=O)c2cc(F)c(-c3csc(CN)n3)c(NC)c21. The lowest BCUT2D eigenvalue weighted by atomic mass is 10.0. The third-order valence-electron chi connectivity index (χ3n) is 4.12. The topological polar surface area (TPSA) is 110 Å². The third kappa shape index (κ3) is 2.74. The van der Waals surface area contributed by atoms with Crippen LogP contribution in [0.15, 0.2) is 22.4 Å². The molecule has 0 aliphatic heterocycles. The molecule has 2 heterocycles. The van der Waals surface area contributed by atoms with E-state index in [0.29, 0.717) is 28.5 Å². The molecule has 7 nitrogen and oxygen atoms in total. The number of carbonyl (C=O) groups is 1. The molecule has 0 atom stereocenters. The molecule has 3 aromatic rings. The number of pyridine rings is 1. The standard InChI is InChI=1S/C17H17FN4O3S/c1-3-22-6-9(17(24)25)16(23)8-4-10(18)13(14(20-2)15(8)22)11-7-26-12(5-19)21-11/h4,6-7,20H,3,5,19H2,1-2H3,(H,24,25). The summed E-state index contributed by atoms with van der Waals surface area (Å²) in [7, 11) is 1.61. The summed E-state index contributed by atoms with van der Waals surface area (Å²) in [6.45, 7) is 2.46. The Kier molecular flexibility index (Phi) is 4.75. The lowest BCUT2D eigenvalue weighted by molar-refractivity contribution is 0.0695. The Morgan fingerprint density at radius 2 is 2.23 bits per heavy atom. The first-order valence-electron chi connectivity index (χ1n) is 7.88. The number of benzene rings is 1. The predicted octanol–water partition coefficient (Wildman–Crippen LogP) is 2.48. The van der Waals surface area contributed by atoms with E-state index in [-0.39, 0.29) is 17.5 Å². The van der Waals surface area contributed by atoms with Gasteiger partial charge in [-0.2, -0.15) is 0 Å². The van der Waals surface area contributed by atoms with Crippen molar-refractivity contribution in [3.8, 4) is 11.3 Å². The Morgan fingerprint density at radius 1 is 1.50 bits per heavy atom. The number of rotatable bonds is 5. The van der Waals surface area contributed by atoms with Crippen molar-refractivity contribution in [1.29, 1.82) is 0 Å². The quantitative estimate of drug-likeness (QED) is 0.631. The Morgan fingerprint density at radius 3 is 2.77 bits per heavy atom. The molecule has 1 aromatic carbocycles. The number of carboxylic acids is 1. The molecular weight excluding hydrogens is 359 g/mol. The van der Waals surface area contributed by atoms with Crippen LogP contribution < -0.4 is 16.5 Å². The first-order valence-corrected chi connectivity index (χ1v) is 8.76. The zero-order valence-electron chi connectivity index (χ0n) is 14.2. The fraction of sp³-hybridized carbons (Fsp3) is 0.235. The highest BCUT2D eigenvalue weighted by atomic mass is 32.1. The van der Waals surface area contributed by atoms with Crippen LogP contribution in [0.3, 0.4) is 0 Å². The summed E-state index contributed by atoms with van der Waals surface area (Å²) in [5.41, 5.74) is 5.92. The van der Waals surface area contributed by atoms with Gasteiger partial charge >= 0.3 is 5.97 Å². The van der Waals surface area contributed by atoms with E-state index >= 15 is 0 Å². The summed E-state index contributed by atoms with van der Waals surface area (Å²) in [6, 6.07) is 1.08. The Bertz CT molecular complexity index is 1070. The molecule has 3 rings (SSSR count). The molecule has 0 amide bonds. The van der Waals surface area contributed by atoms with E-state index in [0.717, 1.165) is 6.07 Å². The van der Waals surface area contributed by atoms with Crippen LogP contribution in [0.5, 0.6) is 0 Å². The van der Waals surface area contributed by atoms with E-state index in [9.17, 15) is 19.1 Å². The van der Waals surface area contributed by atoms with Crippen molar-refractivity contribution in [2.45, 2.75) is 20.0 Å². The van der Waals surface area contributed by atoms with Gasteiger partial charge < -0.3 is 20.7 Å². The average Bonchev–Trinajstić information content (AvgIpc) is 3.09. The second-order valence-corrected chi connectivity index (χ2v) is 6.49. The number of aromatic nitrogens is 2. The van der Waals surface area contributed by atoms with Crippen molar-refractivity contribution < 1.29 is 14.3 Å². The molecule has 0 aliphatic carbocycles. The molecule has 0 fully saturated rings. The fourth-order valence-electron chi connectivity index (χ4n) is 2.95. The van der Waals surface area contributed by atoms with E-state index in [1.807, 2.05) is 6.92 Å². The van der Waals surface area contributed by atoms with Crippen LogP contribution in [-0.4, -0.2) is 27.7 Å². The van der Waals surface area contributed by atoms with Crippen molar-refractivity contribution in [2.24, 2.45) is 5.73 Å². The normalized spacial score (nSPS) is 11.1. The number of hydrogen-bond donors (Lipinski definition) is 3. The maximum absolute atomic E-state index is 14.9. The van der Waals surface area contributed by atoms with Crippen LogP contribution in [-0.2, 0) is 13.1 Å². The van der Waals surface area contributed by atoms with Crippen molar-refractivity contribution in [3.05, 3.63) is 44.3 Å². The molecule has 0 radical (unpaired) electrons. The highest BCUT2D eigenvalue weighted by Crippen LogP contribution is 2.37. The van der Waals surface area contributed by atoms with Crippen molar-refractivity contribution in [1.82, 2.24) is 9.55 Å². The fourth-order valence-corrected chi connectivity index (χ4v) is 3.62. The molecule has 2 aromatic heterocycles. The summed E-state index contributed by atoms with van der Waals surface area (Å²) in [5, 5.41) is 14.6. The number of halogens is 1. The first-order chi connectivity index (χ1) is 12.4. The molecule has 26 heavy (non-hydrogen) atoms. The van der Waals surface area contributed by atoms with Gasteiger partial charge in [-0.3, -0.25) is 4.79 Å². The zero-order chi connectivity index (χ0) is 19.0. The minimum absolute atomic E-state index is 0.00614. The highest BCUT2D eigenvalue weighted by molar-refractivity contribution is 7.09. The molecule has 0 spiro atoms. The Hall–Kier alpha value is -2.78. The van der Waals surface area contributed by atoms with Gasteiger partial charge in [-0.05, 0) is 13.0 Å². The van der Waals surface area contributed by atoms with Crippen molar-refractivity contribution >= 4 is 33.9 Å². The van der Waals surface area contributed by atoms with Crippen molar-refractivity contribution in [3.63, 3.8) is 0 Å². The molecule has 0 bridgehead atoms. The number of aryl methyl sites for hydroxylation is 1. The van der Waals surface area contributed by atoms with Crippen LogP contribution in [0.25, 0.3) is 22.2 Å². The minimum Gasteiger partial charge on any atom is -0.477 e. The Labute approximate surface area is 151 Å². The Balaban J connectivity index is 2.46. The number of fused-ring (bicyclic) bond motifs is 1. The number of nitrogens with two attached hydrogens (primary N) is 1. The molecule has 0 saturated carbocycles. The number of nitrogens with one attached hydrogen (secondary N) is 1. The number of nitrogens with zero attached hydrogens (tertiary/aromatic N) is 2. The van der Waals surface area contributed by atoms with Gasteiger partial charge in [0.15, 0.2) is 0 Å². The number of thiazole rings is 1. The van der Waals surface area contributed by atoms with Crippen LogP contribution in [0.4, 0.5) is 10.1 Å². The number of carboxylic acid groups (broad SMARTS) is 1. The van der Waals surface area contributed by atoms with E-state index < -0.39 is 22.8 Å². The van der Waals surface area contributed by atoms with E-state index in [2.05, 4.69) is 10.3 Å². The smallest absolute Gasteiger partial charge is 0.341 e. The maximum Gasteiger partial charge on any atom is 0.341 e. The average molecular weight is 376 g/mol. The third-order valence-corrected chi connectivity index (χ3v) is 4.99. The van der Waals surface area contributed by atoms with Crippen LogP contribution in [0.2, 0.25) is 0 Å². The summed E-state index contributed by atoms with van der Waals surface area (Å²) in [5.74, 6) is -2.00. The van der Waals surface area contributed by atoms with Gasteiger partial charge in [-0.25, -0.2) is 14.2 Å². The molecule has 0 aliphatic rings. The number of aromatic carboxylic acids is 1. The molecular formula is C17H17FN4O3S. The van der Waals surface area contributed by atoms with Gasteiger partial charge in [0.05, 0.1) is 27.8 Å². The minimum atomic E-state index is -1.35. The molecule has 4 N–H and O–H groups in total. The molecule has 0 unspecified atom stereocenters. The predicted molar refractivity (Wildman–Crippen MR) is 99.3 cm³/mol. The van der Waals surface area contributed by atoms with Gasteiger partial charge in [-0.1, -0.05) is 0 Å². The van der Waals surface area contributed by atoms with E-state index in [1.54, 1.807) is 17.0 Å². The second-order valence-electron chi connectivity index (χ2n) is 5.55. The maximum atomic E-state index is 14.9. The van der Waals surface area contributed by atoms with Gasteiger partial charge in [0.1, 0.15) is 16.4 Å². The first kappa shape index (κ1) is 18.0. The van der Waals surface area contributed by atoms with Crippen LogP contribution in [0, 0.1) is 5.82 Å². The number of hydrogen-bond acceptors (Lipinski definition) is 6. The van der Waals surface area contributed by atoms with Gasteiger partial charge in [-0.15, -0.1) is 11.3 Å². The van der Waals surface area contributed by atoms with E-state index in [4.69, 9.17) is 5.73 Å². The summed E-state index contributed by atoms with van der Waals surface area (Å²) in [6.07, 6.45) is 1.28. The summed E-state index contributed by atoms with van der Waals surface area (Å²) in [4.78, 5) is 28.2. The highest BCUT2D eigenvalue weighted by Gasteiger charge is 2.23. The number of anilines is 1. The monoisotopic (exact) mass is 376 g/mol. The van der Waals surface area contributed by atoms with Crippen LogP contribution >= 0.6 is 11.3 Å².